The summed E-state index contributed by atoms with van der Waals surface area (Å²) in [5, 5.41) is 11.3. The maximum absolute atomic E-state index is 10.7. The number of aliphatic hydroxyl groups is 1. The van der Waals surface area contributed by atoms with E-state index in [0.717, 1.165) is 11.1 Å². The second-order valence-electron chi connectivity index (χ2n) is 5.09. The molecule has 0 radical (unpaired) electrons. The lowest BCUT2D eigenvalue weighted by Crippen LogP contribution is -2.20. The number of aryl methyl sites for hydroxylation is 1. The molecule has 0 aliphatic heterocycles. The third kappa shape index (κ3) is 3.56. The quantitative estimate of drug-likeness (QED) is 0.890. The Balaban J connectivity index is 2.41. The van der Waals surface area contributed by atoms with Gasteiger partial charge in [-0.3, -0.25) is 0 Å². The van der Waals surface area contributed by atoms with Crippen molar-refractivity contribution in [2.24, 2.45) is 5.73 Å². The van der Waals surface area contributed by atoms with E-state index in [0.29, 0.717) is 22.9 Å². The molecule has 0 saturated carbocycles. The third-order valence-corrected chi connectivity index (χ3v) is 3.85. The number of nitrogens with two attached hydrogens (primary N) is 1. The summed E-state index contributed by atoms with van der Waals surface area (Å²) in [7, 11) is 1.57. The van der Waals surface area contributed by atoms with Crippen LogP contribution in [0, 0.1) is 6.92 Å². The van der Waals surface area contributed by atoms with Crippen molar-refractivity contribution in [1.82, 2.24) is 0 Å². The van der Waals surface area contributed by atoms with Crippen molar-refractivity contribution in [1.29, 1.82) is 0 Å². The van der Waals surface area contributed by atoms with Crippen LogP contribution in [-0.4, -0.2) is 18.8 Å². The van der Waals surface area contributed by atoms with E-state index in [-0.39, 0.29) is 5.92 Å². The number of hydrogen-bond donors (Lipinski definition) is 2. The van der Waals surface area contributed by atoms with E-state index in [2.05, 4.69) is 0 Å². The SMILES string of the molecule is COc1ccc(Cl)cc1C(O)C(CN)c1cccc(C)c1. The molecular weight excluding hydrogens is 286 g/mol. The Hall–Kier alpha value is -1.55. The Morgan fingerprint density at radius 1 is 1.24 bits per heavy atom. The van der Waals surface area contributed by atoms with Crippen LogP contribution in [0.5, 0.6) is 5.75 Å². The van der Waals surface area contributed by atoms with Gasteiger partial charge in [-0.05, 0) is 30.7 Å². The lowest BCUT2D eigenvalue weighted by atomic mass is 9.88. The molecule has 3 N–H and O–H groups in total. The van der Waals surface area contributed by atoms with Gasteiger partial charge in [0.15, 0.2) is 0 Å². The lowest BCUT2D eigenvalue weighted by Gasteiger charge is -2.24. The molecule has 2 aromatic rings. The lowest BCUT2D eigenvalue weighted by molar-refractivity contribution is 0.144. The molecular formula is C17H20ClNO2. The first kappa shape index (κ1) is 15.8. The van der Waals surface area contributed by atoms with Crippen LogP contribution in [0.4, 0.5) is 0 Å². The summed E-state index contributed by atoms with van der Waals surface area (Å²) in [5.74, 6) is 0.398. The van der Waals surface area contributed by atoms with E-state index < -0.39 is 6.10 Å². The number of hydrogen-bond acceptors (Lipinski definition) is 3. The third-order valence-electron chi connectivity index (χ3n) is 3.62. The Labute approximate surface area is 130 Å². The molecule has 2 unspecified atom stereocenters. The molecule has 21 heavy (non-hydrogen) atoms. The van der Waals surface area contributed by atoms with Crippen LogP contribution in [-0.2, 0) is 0 Å². The molecule has 0 aliphatic rings. The first-order chi connectivity index (χ1) is 10.1. The van der Waals surface area contributed by atoms with E-state index >= 15 is 0 Å². The van der Waals surface area contributed by atoms with E-state index in [1.54, 1.807) is 25.3 Å². The minimum absolute atomic E-state index is 0.211. The maximum Gasteiger partial charge on any atom is 0.124 e. The summed E-state index contributed by atoms with van der Waals surface area (Å²) in [4.78, 5) is 0. The smallest absolute Gasteiger partial charge is 0.124 e. The maximum atomic E-state index is 10.7. The highest BCUT2D eigenvalue weighted by molar-refractivity contribution is 6.30. The van der Waals surface area contributed by atoms with E-state index in [4.69, 9.17) is 22.1 Å². The molecule has 0 saturated heterocycles. The monoisotopic (exact) mass is 305 g/mol. The highest BCUT2D eigenvalue weighted by atomic mass is 35.5. The van der Waals surface area contributed by atoms with Crippen molar-refractivity contribution in [3.8, 4) is 5.75 Å². The van der Waals surface area contributed by atoms with Crippen molar-refractivity contribution in [2.45, 2.75) is 18.9 Å². The second kappa shape index (κ2) is 6.94. The topological polar surface area (TPSA) is 55.5 Å². The normalized spacial score (nSPS) is 13.8. The molecule has 3 nitrogen and oxygen atoms in total. The predicted octanol–water partition coefficient (Wildman–Crippen LogP) is 3.43. The van der Waals surface area contributed by atoms with Gasteiger partial charge in [0, 0.05) is 23.0 Å². The minimum atomic E-state index is -0.773. The second-order valence-corrected chi connectivity index (χ2v) is 5.52. The van der Waals surface area contributed by atoms with Crippen molar-refractivity contribution in [3.63, 3.8) is 0 Å². The summed E-state index contributed by atoms with van der Waals surface area (Å²) in [6.45, 7) is 2.35. The molecule has 0 amide bonds. The van der Waals surface area contributed by atoms with Crippen LogP contribution in [0.15, 0.2) is 42.5 Å². The van der Waals surface area contributed by atoms with Crippen LogP contribution < -0.4 is 10.5 Å². The van der Waals surface area contributed by atoms with Gasteiger partial charge in [-0.2, -0.15) is 0 Å². The molecule has 0 aliphatic carbocycles. The average Bonchev–Trinajstić information content (AvgIpc) is 2.48. The highest BCUT2D eigenvalue weighted by Gasteiger charge is 2.24. The van der Waals surface area contributed by atoms with Crippen molar-refractivity contribution in [3.05, 3.63) is 64.2 Å². The van der Waals surface area contributed by atoms with E-state index in [1.165, 1.54) is 0 Å². The predicted molar refractivity (Wildman–Crippen MR) is 85.9 cm³/mol. The van der Waals surface area contributed by atoms with Crippen LogP contribution in [0.2, 0.25) is 5.02 Å². The molecule has 2 aromatic carbocycles. The zero-order chi connectivity index (χ0) is 15.4. The molecule has 2 rings (SSSR count). The largest absolute Gasteiger partial charge is 0.496 e. The summed E-state index contributed by atoms with van der Waals surface area (Å²) >= 11 is 6.04. The van der Waals surface area contributed by atoms with Crippen LogP contribution in [0.3, 0.4) is 0 Å². The Bertz CT molecular complexity index is 615. The standard InChI is InChI=1S/C17H20ClNO2/c1-11-4-3-5-12(8-11)15(10-19)17(20)14-9-13(18)6-7-16(14)21-2/h3-9,15,17,20H,10,19H2,1-2H3. The number of rotatable bonds is 5. The summed E-state index contributed by atoms with van der Waals surface area (Å²) in [6, 6.07) is 13.2. The van der Waals surface area contributed by atoms with Crippen LogP contribution >= 0.6 is 11.6 Å². The van der Waals surface area contributed by atoms with Gasteiger partial charge >= 0.3 is 0 Å². The van der Waals surface area contributed by atoms with Gasteiger partial charge in [0.1, 0.15) is 5.75 Å². The zero-order valence-corrected chi connectivity index (χ0v) is 13.0. The van der Waals surface area contributed by atoms with E-state index in [9.17, 15) is 5.11 Å². The van der Waals surface area contributed by atoms with Crippen molar-refractivity contribution >= 4 is 11.6 Å². The van der Waals surface area contributed by atoms with Gasteiger partial charge in [0.05, 0.1) is 13.2 Å². The fraction of sp³-hybridized carbons (Fsp3) is 0.294. The van der Waals surface area contributed by atoms with Crippen molar-refractivity contribution in [2.75, 3.05) is 13.7 Å². The molecule has 0 aromatic heterocycles. The van der Waals surface area contributed by atoms with Crippen LogP contribution in [0.1, 0.15) is 28.7 Å². The molecule has 0 fully saturated rings. The summed E-state index contributed by atoms with van der Waals surface area (Å²) in [6.07, 6.45) is -0.773. The first-order valence-electron chi connectivity index (χ1n) is 6.85. The van der Waals surface area contributed by atoms with Gasteiger partial charge in [-0.1, -0.05) is 41.4 Å². The fourth-order valence-electron chi connectivity index (χ4n) is 2.50. The number of ether oxygens (including phenoxy) is 1. The van der Waals surface area contributed by atoms with Gasteiger partial charge in [0.2, 0.25) is 0 Å². The van der Waals surface area contributed by atoms with Crippen LogP contribution in [0.25, 0.3) is 0 Å². The molecule has 2 atom stereocenters. The summed E-state index contributed by atoms with van der Waals surface area (Å²) in [5.41, 5.74) is 8.69. The minimum Gasteiger partial charge on any atom is -0.496 e. The first-order valence-corrected chi connectivity index (χ1v) is 7.22. The number of benzene rings is 2. The zero-order valence-electron chi connectivity index (χ0n) is 12.2. The van der Waals surface area contributed by atoms with Crippen molar-refractivity contribution < 1.29 is 9.84 Å². The fourth-order valence-corrected chi connectivity index (χ4v) is 2.68. The molecule has 4 heteroatoms. The molecule has 0 bridgehead atoms. The molecule has 0 heterocycles. The number of halogens is 1. The van der Waals surface area contributed by atoms with Gasteiger partial charge in [0.25, 0.3) is 0 Å². The summed E-state index contributed by atoms with van der Waals surface area (Å²) < 4.78 is 5.32. The van der Waals surface area contributed by atoms with Gasteiger partial charge in [-0.25, -0.2) is 0 Å². The average molecular weight is 306 g/mol. The molecule has 0 spiro atoms. The number of aliphatic hydroxyl groups excluding tert-OH is 1. The Kier molecular flexibility index (Phi) is 5.23. The van der Waals surface area contributed by atoms with E-state index in [1.807, 2.05) is 31.2 Å². The van der Waals surface area contributed by atoms with Gasteiger partial charge < -0.3 is 15.6 Å². The Morgan fingerprint density at radius 3 is 2.62 bits per heavy atom. The van der Waals surface area contributed by atoms with Gasteiger partial charge in [-0.15, -0.1) is 0 Å². The molecule has 112 valence electrons. The number of methoxy groups -OCH3 is 1. The Morgan fingerprint density at radius 2 is 2.00 bits per heavy atom. The highest BCUT2D eigenvalue weighted by Crippen LogP contribution is 2.36.